The topological polar surface area (TPSA) is 12.5 Å². The van der Waals surface area contributed by atoms with Crippen molar-refractivity contribution in [3.8, 4) is 0 Å². The van der Waals surface area contributed by atoms with Crippen molar-refractivity contribution in [3.05, 3.63) is 33.8 Å². The van der Waals surface area contributed by atoms with Gasteiger partial charge in [0.2, 0.25) is 0 Å². The van der Waals surface area contributed by atoms with Crippen LogP contribution in [0.3, 0.4) is 0 Å². The number of epoxide rings is 1. The molecule has 11 heavy (non-hydrogen) atoms. The Hall–Kier alpha value is -0.340. The molecule has 2 heteroatoms. The van der Waals surface area contributed by atoms with Crippen molar-refractivity contribution in [2.24, 2.45) is 0 Å². The summed E-state index contributed by atoms with van der Waals surface area (Å²) >= 11 is 3.44. The van der Waals surface area contributed by atoms with Gasteiger partial charge in [-0.1, -0.05) is 22.0 Å². The second-order valence-corrected chi connectivity index (χ2v) is 3.74. The normalized spacial score (nSPS) is 21.8. The third kappa shape index (κ3) is 1.47. The molecule has 0 spiro atoms. The molecule has 0 N–H and O–H groups in total. The van der Waals surface area contributed by atoms with E-state index < -0.39 is 0 Å². The summed E-state index contributed by atoms with van der Waals surface area (Å²) in [5, 5.41) is 0. The van der Waals surface area contributed by atoms with Crippen LogP contribution in [-0.2, 0) is 4.74 Å². The van der Waals surface area contributed by atoms with E-state index in [1.54, 1.807) is 0 Å². The molecule has 1 heterocycles. The van der Waals surface area contributed by atoms with Gasteiger partial charge in [0, 0.05) is 4.47 Å². The third-order valence-corrected chi connectivity index (χ3v) is 2.41. The molecular weight excluding hydrogens is 204 g/mol. The van der Waals surface area contributed by atoms with Gasteiger partial charge in [-0.2, -0.15) is 0 Å². The van der Waals surface area contributed by atoms with Crippen molar-refractivity contribution in [3.63, 3.8) is 0 Å². The number of aryl methyl sites for hydroxylation is 1. The van der Waals surface area contributed by atoms with Crippen LogP contribution < -0.4 is 0 Å². The van der Waals surface area contributed by atoms with Crippen molar-refractivity contribution in [1.29, 1.82) is 0 Å². The Balaban J connectivity index is 2.42. The highest BCUT2D eigenvalue weighted by Gasteiger charge is 2.26. The molecule has 58 valence electrons. The second-order valence-electron chi connectivity index (χ2n) is 2.82. The summed E-state index contributed by atoms with van der Waals surface area (Å²) < 4.78 is 6.34. The van der Waals surface area contributed by atoms with Crippen LogP contribution in [0.1, 0.15) is 17.2 Å². The minimum Gasteiger partial charge on any atom is -0.368 e. The van der Waals surface area contributed by atoms with Gasteiger partial charge in [-0.05, 0) is 30.2 Å². The SMILES string of the molecule is Cc1ccc(Br)cc1[C@@H]1CO1. The first-order valence-corrected chi connectivity index (χ1v) is 4.44. The van der Waals surface area contributed by atoms with Crippen molar-refractivity contribution in [1.82, 2.24) is 0 Å². The fraction of sp³-hybridized carbons (Fsp3) is 0.333. The van der Waals surface area contributed by atoms with Gasteiger partial charge in [0.1, 0.15) is 6.10 Å². The Bertz CT molecular complexity index is 279. The number of benzene rings is 1. The summed E-state index contributed by atoms with van der Waals surface area (Å²) in [6.45, 7) is 3.00. The van der Waals surface area contributed by atoms with E-state index >= 15 is 0 Å². The van der Waals surface area contributed by atoms with Crippen LogP contribution >= 0.6 is 15.9 Å². The predicted molar refractivity (Wildman–Crippen MR) is 47.6 cm³/mol. The summed E-state index contributed by atoms with van der Waals surface area (Å²) in [7, 11) is 0. The lowest BCUT2D eigenvalue weighted by Crippen LogP contribution is -1.85. The second kappa shape index (κ2) is 2.61. The molecule has 1 atom stereocenters. The van der Waals surface area contributed by atoms with E-state index in [2.05, 4.69) is 41.1 Å². The largest absolute Gasteiger partial charge is 0.368 e. The smallest absolute Gasteiger partial charge is 0.106 e. The third-order valence-electron chi connectivity index (χ3n) is 1.92. The number of rotatable bonds is 1. The van der Waals surface area contributed by atoms with Crippen molar-refractivity contribution in [2.45, 2.75) is 13.0 Å². The fourth-order valence-corrected chi connectivity index (χ4v) is 1.56. The first-order valence-electron chi connectivity index (χ1n) is 3.65. The summed E-state index contributed by atoms with van der Waals surface area (Å²) in [5.41, 5.74) is 2.63. The lowest BCUT2D eigenvalue weighted by Gasteiger charge is -2.01. The van der Waals surface area contributed by atoms with E-state index in [-0.39, 0.29) is 0 Å². The lowest BCUT2D eigenvalue weighted by molar-refractivity contribution is 0.415. The number of hydrogen-bond acceptors (Lipinski definition) is 1. The van der Waals surface area contributed by atoms with Crippen molar-refractivity contribution >= 4 is 15.9 Å². The van der Waals surface area contributed by atoms with E-state index in [9.17, 15) is 0 Å². The van der Waals surface area contributed by atoms with E-state index in [0.717, 1.165) is 11.1 Å². The molecular formula is C9H9BrO. The van der Waals surface area contributed by atoms with Gasteiger partial charge >= 0.3 is 0 Å². The molecule has 0 amide bonds. The van der Waals surface area contributed by atoms with Crippen LogP contribution in [0.2, 0.25) is 0 Å². The highest BCUT2D eigenvalue weighted by atomic mass is 79.9. The average Bonchev–Trinajstić information content (AvgIpc) is 2.76. The van der Waals surface area contributed by atoms with Gasteiger partial charge in [-0.15, -0.1) is 0 Å². The zero-order valence-electron chi connectivity index (χ0n) is 6.30. The summed E-state index contributed by atoms with van der Waals surface area (Å²) in [6.07, 6.45) is 0.368. The molecule has 0 saturated carbocycles. The van der Waals surface area contributed by atoms with E-state index in [0.29, 0.717) is 6.10 Å². The van der Waals surface area contributed by atoms with Crippen LogP contribution in [0.15, 0.2) is 22.7 Å². The summed E-state index contributed by atoms with van der Waals surface area (Å²) in [4.78, 5) is 0. The van der Waals surface area contributed by atoms with Gasteiger partial charge in [-0.3, -0.25) is 0 Å². The molecule has 1 nitrogen and oxygen atoms in total. The van der Waals surface area contributed by atoms with E-state index in [1.165, 1.54) is 11.1 Å². The number of halogens is 1. The number of ether oxygens (including phenoxy) is 1. The van der Waals surface area contributed by atoms with Gasteiger partial charge < -0.3 is 4.74 Å². The van der Waals surface area contributed by atoms with Gasteiger partial charge in [-0.25, -0.2) is 0 Å². The van der Waals surface area contributed by atoms with Gasteiger partial charge in [0.15, 0.2) is 0 Å². The van der Waals surface area contributed by atoms with Gasteiger partial charge in [0.05, 0.1) is 6.61 Å². The fourth-order valence-electron chi connectivity index (χ4n) is 1.19. The Morgan fingerprint density at radius 3 is 2.91 bits per heavy atom. The van der Waals surface area contributed by atoms with Crippen LogP contribution in [0.25, 0.3) is 0 Å². The average molecular weight is 213 g/mol. The molecule has 2 rings (SSSR count). The standard InChI is InChI=1S/C9H9BrO/c1-6-2-3-7(10)4-8(6)9-5-11-9/h2-4,9H,5H2,1H3/t9-/m0/s1. The lowest BCUT2D eigenvalue weighted by atomic mass is 10.1. The Kier molecular flexibility index (Phi) is 1.74. The molecule has 0 aromatic heterocycles. The maximum Gasteiger partial charge on any atom is 0.106 e. The first kappa shape index (κ1) is 7.32. The molecule has 1 fully saturated rings. The molecule has 1 aliphatic rings. The summed E-state index contributed by atoms with van der Waals surface area (Å²) in [5.74, 6) is 0. The zero-order chi connectivity index (χ0) is 7.84. The van der Waals surface area contributed by atoms with Crippen LogP contribution in [0.5, 0.6) is 0 Å². The monoisotopic (exact) mass is 212 g/mol. The van der Waals surface area contributed by atoms with Crippen LogP contribution in [0, 0.1) is 6.92 Å². The molecule has 0 radical (unpaired) electrons. The van der Waals surface area contributed by atoms with E-state index in [1.807, 2.05) is 0 Å². The molecule has 1 aromatic rings. The minimum atomic E-state index is 0.368. The maximum atomic E-state index is 5.21. The molecule has 1 aliphatic heterocycles. The maximum absolute atomic E-state index is 5.21. The Labute approximate surface area is 74.5 Å². The first-order chi connectivity index (χ1) is 5.27. The molecule has 0 aliphatic carbocycles. The zero-order valence-corrected chi connectivity index (χ0v) is 7.89. The predicted octanol–water partition coefficient (Wildman–Crippen LogP) is 2.83. The molecule has 1 saturated heterocycles. The molecule has 1 aromatic carbocycles. The van der Waals surface area contributed by atoms with Crippen molar-refractivity contribution < 1.29 is 4.74 Å². The van der Waals surface area contributed by atoms with Crippen LogP contribution in [0.4, 0.5) is 0 Å². The van der Waals surface area contributed by atoms with Crippen molar-refractivity contribution in [2.75, 3.05) is 6.61 Å². The summed E-state index contributed by atoms with van der Waals surface area (Å²) in [6, 6.07) is 6.30. The quantitative estimate of drug-likeness (QED) is 0.653. The highest BCUT2D eigenvalue weighted by Crippen LogP contribution is 2.33. The Morgan fingerprint density at radius 2 is 2.27 bits per heavy atom. The van der Waals surface area contributed by atoms with Crippen LogP contribution in [-0.4, -0.2) is 6.61 Å². The molecule has 0 unspecified atom stereocenters. The number of hydrogen-bond donors (Lipinski definition) is 0. The minimum absolute atomic E-state index is 0.368. The van der Waals surface area contributed by atoms with E-state index in [4.69, 9.17) is 4.74 Å². The Morgan fingerprint density at radius 1 is 1.55 bits per heavy atom. The molecule has 0 bridgehead atoms. The van der Waals surface area contributed by atoms with Gasteiger partial charge in [0.25, 0.3) is 0 Å². The highest BCUT2D eigenvalue weighted by molar-refractivity contribution is 9.10.